The average molecular weight is 448 g/mol. The summed E-state index contributed by atoms with van der Waals surface area (Å²) in [4.78, 5) is 15.0. The highest BCUT2D eigenvalue weighted by Crippen LogP contribution is 2.27. The van der Waals surface area contributed by atoms with Crippen molar-refractivity contribution in [2.24, 2.45) is 0 Å². The van der Waals surface area contributed by atoms with E-state index in [1.807, 2.05) is 19.1 Å². The van der Waals surface area contributed by atoms with Gasteiger partial charge in [-0.05, 0) is 49.2 Å². The molecule has 0 bridgehead atoms. The largest absolute Gasteiger partial charge is 0.463 e. The molecule has 0 spiro atoms. The molecule has 30 heavy (non-hydrogen) atoms. The molecule has 3 heterocycles. The summed E-state index contributed by atoms with van der Waals surface area (Å²) < 4.78 is 31.1. The Morgan fingerprint density at radius 1 is 1.30 bits per heavy atom. The van der Waals surface area contributed by atoms with Crippen LogP contribution in [0.15, 0.2) is 53.1 Å². The van der Waals surface area contributed by atoms with Crippen LogP contribution in [0.2, 0.25) is 5.02 Å². The molecule has 0 N–H and O–H groups in total. The van der Waals surface area contributed by atoms with Gasteiger partial charge >= 0.3 is 0 Å². The number of rotatable bonds is 6. The third-order valence-corrected chi connectivity index (χ3v) is 7.15. The number of carbonyl (C=O) groups is 1. The minimum Gasteiger partial charge on any atom is -0.463 e. The molecule has 1 aliphatic heterocycles. The van der Waals surface area contributed by atoms with E-state index in [-0.39, 0.29) is 29.1 Å². The van der Waals surface area contributed by atoms with E-state index in [0.717, 1.165) is 12.1 Å². The molecule has 2 aromatic heterocycles. The van der Waals surface area contributed by atoms with Crippen molar-refractivity contribution in [3.05, 3.63) is 59.4 Å². The highest BCUT2D eigenvalue weighted by molar-refractivity contribution is 7.91. The second-order valence-corrected chi connectivity index (χ2v) is 10.0. The molecule has 7 nitrogen and oxygen atoms in total. The highest BCUT2D eigenvalue weighted by atomic mass is 35.5. The number of nitrogens with zero attached hydrogens (tertiary/aromatic N) is 3. The molecule has 0 aliphatic carbocycles. The lowest BCUT2D eigenvalue weighted by molar-refractivity contribution is 0.0690. The fourth-order valence-corrected chi connectivity index (χ4v) is 5.58. The third-order valence-electron chi connectivity index (χ3n) is 5.15. The minimum absolute atomic E-state index is 0.00166. The fraction of sp³-hybridized carbons (Fsp3) is 0.333. The highest BCUT2D eigenvalue weighted by Gasteiger charge is 2.35. The normalized spacial score (nSPS) is 17.9. The molecule has 1 atom stereocenters. The van der Waals surface area contributed by atoms with Crippen molar-refractivity contribution in [2.75, 3.05) is 18.1 Å². The van der Waals surface area contributed by atoms with Crippen LogP contribution in [0.4, 0.5) is 0 Å². The number of sulfone groups is 1. The third kappa shape index (κ3) is 4.15. The lowest BCUT2D eigenvalue weighted by Crippen LogP contribution is -2.41. The van der Waals surface area contributed by atoms with Crippen molar-refractivity contribution in [2.45, 2.75) is 25.8 Å². The van der Waals surface area contributed by atoms with Crippen LogP contribution in [-0.4, -0.2) is 53.1 Å². The summed E-state index contributed by atoms with van der Waals surface area (Å²) in [5.74, 6) is 0.408. The smallest absolute Gasteiger partial charge is 0.274 e. The maximum atomic E-state index is 13.4. The van der Waals surface area contributed by atoms with Crippen molar-refractivity contribution in [1.29, 1.82) is 0 Å². The molecule has 0 radical (unpaired) electrons. The van der Waals surface area contributed by atoms with Crippen molar-refractivity contribution >= 4 is 27.3 Å². The Hall–Kier alpha value is -2.58. The van der Waals surface area contributed by atoms with Gasteiger partial charge in [-0.3, -0.25) is 4.79 Å². The van der Waals surface area contributed by atoms with Crippen LogP contribution in [-0.2, 0) is 9.84 Å². The van der Waals surface area contributed by atoms with Gasteiger partial charge in [0.05, 0.1) is 23.5 Å². The summed E-state index contributed by atoms with van der Waals surface area (Å²) in [6.07, 6.45) is 2.74. The molecule has 1 aliphatic rings. The average Bonchev–Trinajstić information content (AvgIpc) is 3.45. The van der Waals surface area contributed by atoms with E-state index < -0.39 is 9.84 Å². The van der Waals surface area contributed by atoms with Crippen LogP contribution in [0.5, 0.6) is 0 Å². The van der Waals surface area contributed by atoms with Gasteiger partial charge in [0.1, 0.15) is 5.69 Å². The van der Waals surface area contributed by atoms with Gasteiger partial charge in [0.15, 0.2) is 21.3 Å². The van der Waals surface area contributed by atoms with Crippen LogP contribution in [0, 0.1) is 0 Å². The molecule has 3 aromatic rings. The SMILES string of the molecule is CCCN(C(=O)c1cc(-c2ccco2)n(-c2ccc(Cl)cc2)n1)C1CCS(=O)(=O)C1. The van der Waals surface area contributed by atoms with Gasteiger partial charge in [0, 0.05) is 23.7 Å². The second-order valence-electron chi connectivity index (χ2n) is 7.34. The second kappa shape index (κ2) is 8.28. The number of halogens is 1. The molecule has 9 heteroatoms. The summed E-state index contributed by atoms with van der Waals surface area (Å²) in [5, 5.41) is 5.15. The van der Waals surface area contributed by atoms with E-state index in [2.05, 4.69) is 5.10 Å². The Morgan fingerprint density at radius 3 is 2.67 bits per heavy atom. The van der Waals surface area contributed by atoms with Gasteiger partial charge in [-0.1, -0.05) is 18.5 Å². The first-order valence-electron chi connectivity index (χ1n) is 9.79. The van der Waals surface area contributed by atoms with E-state index in [1.165, 1.54) is 0 Å². The van der Waals surface area contributed by atoms with Gasteiger partial charge in [0.25, 0.3) is 5.91 Å². The van der Waals surface area contributed by atoms with E-state index in [1.54, 1.807) is 46.2 Å². The Balaban J connectivity index is 1.73. The molecule has 1 aromatic carbocycles. The Morgan fingerprint density at radius 2 is 2.07 bits per heavy atom. The lowest BCUT2D eigenvalue weighted by Gasteiger charge is -2.27. The van der Waals surface area contributed by atoms with Crippen molar-refractivity contribution < 1.29 is 17.6 Å². The van der Waals surface area contributed by atoms with Crippen molar-refractivity contribution in [3.63, 3.8) is 0 Å². The van der Waals surface area contributed by atoms with Crippen LogP contribution in [0.25, 0.3) is 17.1 Å². The number of benzene rings is 1. The Kier molecular flexibility index (Phi) is 5.71. The molecular weight excluding hydrogens is 426 g/mol. The van der Waals surface area contributed by atoms with Crippen LogP contribution >= 0.6 is 11.6 Å². The number of aromatic nitrogens is 2. The molecule has 158 valence electrons. The Labute approximate surface area is 180 Å². The molecule has 1 amide bonds. The van der Waals surface area contributed by atoms with Gasteiger partial charge in [0.2, 0.25) is 0 Å². The monoisotopic (exact) mass is 447 g/mol. The number of furan rings is 1. The number of carbonyl (C=O) groups excluding carboxylic acids is 1. The summed E-state index contributed by atoms with van der Waals surface area (Å²) in [7, 11) is -3.11. The van der Waals surface area contributed by atoms with Crippen LogP contribution in [0.1, 0.15) is 30.3 Å². The predicted molar refractivity (Wildman–Crippen MR) is 115 cm³/mol. The molecule has 1 unspecified atom stereocenters. The Bertz CT molecular complexity index is 1140. The summed E-state index contributed by atoms with van der Waals surface area (Å²) in [6.45, 7) is 2.44. The topological polar surface area (TPSA) is 85.4 Å². The van der Waals surface area contributed by atoms with Gasteiger partial charge in [-0.15, -0.1) is 0 Å². The zero-order valence-electron chi connectivity index (χ0n) is 16.5. The van der Waals surface area contributed by atoms with E-state index in [4.69, 9.17) is 16.0 Å². The quantitative estimate of drug-likeness (QED) is 0.573. The van der Waals surface area contributed by atoms with E-state index >= 15 is 0 Å². The first-order chi connectivity index (χ1) is 14.4. The molecule has 1 fully saturated rings. The summed E-state index contributed by atoms with van der Waals surface area (Å²) in [6, 6.07) is 12.0. The lowest BCUT2D eigenvalue weighted by atomic mass is 10.2. The number of hydrogen-bond acceptors (Lipinski definition) is 5. The summed E-state index contributed by atoms with van der Waals surface area (Å²) in [5.41, 5.74) is 1.60. The van der Waals surface area contributed by atoms with Gasteiger partial charge < -0.3 is 9.32 Å². The van der Waals surface area contributed by atoms with E-state index in [0.29, 0.717) is 29.4 Å². The fourth-order valence-electron chi connectivity index (χ4n) is 3.72. The summed E-state index contributed by atoms with van der Waals surface area (Å²) >= 11 is 6.01. The molecule has 4 rings (SSSR count). The number of hydrogen-bond donors (Lipinski definition) is 0. The van der Waals surface area contributed by atoms with Gasteiger partial charge in [-0.2, -0.15) is 5.10 Å². The molecule has 1 saturated heterocycles. The van der Waals surface area contributed by atoms with Crippen LogP contribution < -0.4 is 0 Å². The van der Waals surface area contributed by atoms with E-state index in [9.17, 15) is 13.2 Å². The molecule has 0 saturated carbocycles. The standard InChI is InChI=1S/C21H22ClN3O4S/c1-2-10-24(17-9-12-30(27,28)14-17)21(26)18-13-19(20-4-3-11-29-20)25(23-18)16-7-5-15(22)6-8-16/h3-8,11,13,17H,2,9-10,12,14H2,1H3. The zero-order valence-corrected chi connectivity index (χ0v) is 18.1. The minimum atomic E-state index is -3.11. The first kappa shape index (κ1) is 20.7. The number of amides is 1. The van der Waals surface area contributed by atoms with Gasteiger partial charge in [-0.25, -0.2) is 13.1 Å². The molecular formula is C21H22ClN3O4S. The zero-order chi connectivity index (χ0) is 21.3. The first-order valence-corrected chi connectivity index (χ1v) is 12.0. The maximum Gasteiger partial charge on any atom is 0.274 e. The predicted octanol–water partition coefficient (Wildman–Crippen LogP) is 3.83. The van der Waals surface area contributed by atoms with Crippen LogP contribution in [0.3, 0.4) is 0 Å². The van der Waals surface area contributed by atoms with Crippen molar-refractivity contribution in [1.82, 2.24) is 14.7 Å². The maximum absolute atomic E-state index is 13.4. The van der Waals surface area contributed by atoms with Crippen molar-refractivity contribution in [3.8, 4) is 17.1 Å².